The van der Waals surface area contributed by atoms with Crippen LogP contribution in [0.5, 0.6) is 5.88 Å². The molecule has 0 aliphatic heterocycles. The molecule has 0 spiro atoms. The van der Waals surface area contributed by atoms with E-state index in [-0.39, 0.29) is 17.1 Å². The molecule has 2 aromatic carbocycles. The first-order valence-electron chi connectivity index (χ1n) is 8.53. The van der Waals surface area contributed by atoms with Crippen LogP contribution >= 0.6 is 0 Å². The number of hydrogen-bond acceptors (Lipinski definition) is 5. The maximum atomic E-state index is 12.5. The molecule has 7 nitrogen and oxygen atoms in total. The van der Waals surface area contributed by atoms with Crippen molar-refractivity contribution in [2.75, 3.05) is 0 Å². The summed E-state index contributed by atoms with van der Waals surface area (Å²) in [6, 6.07) is 13.0. The average Bonchev–Trinajstić information content (AvgIpc) is 3.06. The molecule has 0 atom stereocenters. The Morgan fingerprint density at radius 1 is 1.19 bits per heavy atom. The molecule has 7 heteroatoms. The van der Waals surface area contributed by atoms with Crippen molar-refractivity contribution in [3.05, 3.63) is 81.0 Å². The molecule has 1 aromatic heterocycles. The van der Waals surface area contributed by atoms with Crippen molar-refractivity contribution in [3.63, 3.8) is 0 Å². The monoisotopic (exact) mass is 365 g/mol. The van der Waals surface area contributed by atoms with Crippen molar-refractivity contribution in [1.29, 1.82) is 0 Å². The molecule has 0 aliphatic rings. The van der Waals surface area contributed by atoms with E-state index in [1.165, 1.54) is 24.3 Å². The molecule has 0 fully saturated rings. The second kappa shape index (κ2) is 7.41. The highest BCUT2D eigenvalue weighted by Gasteiger charge is 2.18. The van der Waals surface area contributed by atoms with Gasteiger partial charge in [-0.2, -0.15) is 5.10 Å². The first kappa shape index (κ1) is 18.3. The van der Waals surface area contributed by atoms with E-state index in [4.69, 9.17) is 4.74 Å². The van der Waals surface area contributed by atoms with Gasteiger partial charge < -0.3 is 4.74 Å². The van der Waals surface area contributed by atoms with Gasteiger partial charge in [-0.1, -0.05) is 25.1 Å². The first-order valence-corrected chi connectivity index (χ1v) is 8.53. The summed E-state index contributed by atoms with van der Waals surface area (Å²) < 4.78 is 7.13. The summed E-state index contributed by atoms with van der Waals surface area (Å²) in [7, 11) is 0. The fraction of sp³-hybridized carbons (Fsp3) is 0.200. The number of hydrogen-bond donors (Lipinski definition) is 0. The minimum Gasteiger partial charge on any atom is -0.404 e. The number of aromatic nitrogens is 2. The van der Waals surface area contributed by atoms with Gasteiger partial charge in [0.15, 0.2) is 0 Å². The smallest absolute Gasteiger partial charge is 0.345 e. The van der Waals surface area contributed by atoms with Gasteiger partial charge >= 0.3 is 5.97 Å². The summed E-state index contributed by atoms with van der Waals surface area (Å²) in [5.74, 6) is -0.398. The Morgan fingerprint density at radius 2 is 1.93 bits per heavy atom. The molecule has 138 valence electrons. The summed E-state index contributed by atoms with van der Waals surface area (Å²) in [5.41, 5.74) is 3.65. The van der Waals surface area contributed by atoms with E-state index in [2.05, 4.69) is 5.10 Å². The zero-order valence-electron chi connectivity index (χ0n) is 15.3. The lowest BCUT2D eigenvalue weighted by Gasteiger charge is -2.12. The number of aryl methyl sites for hydroxylation is 2. The topological polar surface area (TPSA) is 87.3 Å². The van der Waals surface area contributed by atoms with E-state index in [1.54, 1.807) is 10.7 Å². The van der Waals surface area contributed by atoms with Gasteiger partial charge in [0, 0.05) is 18.2 Å². The van der Waals surface area contributed by atoms with Gasteiger partial charge in [0.05, 0.1) is 21.9 Å². The Hall–Kier alpha value is -3.48. The highest BCUT2D eigenvalue weighted by Crippen LogP contribution is 2.25. The second-order valence-electron chi connectivity index (χ2n) is 6.16. The lowest BCUT2D eigenvalue weighted by atomic mass is 10.1. The van der Waals surface area contributed by atoms with Gasteiger partial charge in [0.1, 0.15) is 0 Å². The van der Waals surface area contributed by atoms with E-state index >= 15 is 0 Å². The van der Waals surface area contributed by atoms with Gasteiger partial charge in [-0.05, 0) is 43.5 Å². The molecule has 0 unspecified atom stereocenters. The third-order valence-corrected chi connectivity index (χ3v) is 4.38. The number of ether oxygens (including phenoxy) is 1. The minimum absolute atomic E-state index is 0.107. The second-order valence-corrected chi connectivity index (χ2v) is 6.16. The number of nitro benzene ring substituents is 1. The summed E-state index contributed by atoms with van der Waals surface area (Å²) in [4.78, 5) is 22.9. The van der Waals surface area contributed by atoms with Crippen LogP contribution < -0.4 is 4.74 Å². The Kier molecular flexibility index (Phi) is 5.03. The third-order valence-electron chi connectivity index (χ3n) is 4.38. The SMILES string of the molecule is CCc1cc(OC(=O)c2cccc([N+](=O)[O-])c2)n(-c2cccc(C)c2C)n1. The first-order chi connectivity index (χ1) is 12.9. The average molecular weight is 365 g/mol. The molecular weight excluding hydrogens is 346 g/mol. The van der Waals surface area contributed by atoms with Crippen molar-refractivity contribution >= 4 is 11.7 Å². The lowest BCUT2D eigenvalue weighted by Crippen LogP contribution is -2.12. The molecule has 0 N–H and O–H groups in total. The Morgan fingerprint density at radius 3 is 2.63 bits per heavy atom. The number of nitrogens with zero attached hydrogens (tertiary/aromatic N) is 3. The summed E-state index contributed by atoms with van der Waals surface area (Å²) in [5, 5.41) is 15.4. The van der Waals surface area contributed by atoms with Crippen LogP contribution in [-0.2, 0) is 6.42 Å². The van der Waals surface area contributed by atoms with Crippen molar-refractivity contribution in [2.24, 2.45) is 0 Å². The zero-order valence-corrected chi connectivity index (χ0v) is 15.3. The number of benzene rings is 2. The van der Waals surface area contributed by atoms with Gasteiger partial charge in [-0.25, -0.2) is 9.48 Å². The van der Waals surface area contributed by atoms with Crippen LogP contribution in [0.15, 0.2) is 48.5 Å². The van der Waals surface area contributed by atoms with Crippen LogP contribution in [0.1, 0.15) is 34.1 Å². The Labute approximate surface area is 156 Å². The minimum atomic E-state index is -0.673. The maximum Gasteiger partial charge on any atom is 0.345 e. The fourth-order valence-corrected chi connectivity index (χ4v) is 2.69. The van der Waals surface area contributed by atoms with E-state index in [0.29, 0.717) is 6.42 Å². The molecule has 27 heavy (non-hydrogen) atoms. The van der Waals surface area contributed by atoms with E-state index in [0.717, 1.165) is 22.5 Å². The number of rotatable bonds is 5. The van der Waals surface area contributed by atoms with Crippen LogP contribution in [0, 0.1) is 24.0 Å². The largest absolute Gasteiger partial charge is 0.404 e. The molecule has 0 amide bonds. The number of non-ortho nitro benzene ring substituents is 1. The number of carbonyl (C=O) groups excluding carboxylic acids is 1. The number of esters is 1. The Bertz CT molecular complexity index is 1020. The molecule has 0 bridgehead atoms. The summed E-state index contributed by atoms with van der Waals surface area (Å²) >= 11 is 0. The van der Waals surface area contributed by atoms with Gasteiger partial charge in [-0.3, -0.25) is 10.1 Å². The molecule has 0 radical (unpaired) electrons. The fourth-order valence-electron chi connectivity index (χ4n) is 2.69. The quantitative estimate of drug-likeness (QED) is 0.384. The molecule has 1 heterocycles. The number of carbonyl (C=O) groups is 1. The molecule has 0 saturated heterocycles. The van der Waals surface area contributed by atoms with Gasteiger partial charge in [-0.15, -0.1) is 0 Å². The van der Waals surface area contributed by atoms with Crippen LogP contribution in [0.3, 0.4) is 0 Å². The molecule has 0 aliphatic carbocycles. The summed E-state index contributed by atoms with van der Waals surface area (Å²) in [6.07, 6.45) is 0.680. The predicted octanol–water partition coefficient (Wildman–Crippen LogP) is 4.18. The van der Waals surface area contributed by atoms with Crippen LogP contribution in [0.2, 0.25) is 0 Å². The standard InChI is InChI=1S/C20H19N3O4/c1-4-16-12-19(22(21-16)18-10-5-7-13(2)14(18)3)27-20(24)15-8-6-9-17(11-15)23(25)26/h5-12H,4H2,1-3H3. The molecule has 0 saturated carbocycles. The van der Waals surface area contributed by atoms with Crippen LogP contribution in [-0.4, -0.2) is 20.7 Å². The molecular formula is C20H19N3O4. The zero-order chi connectivity index (χ0) is 19.6. The third kappa shape index (κ3) is 3.72. The lowest BCUT2D eigenvalue weighted by molar-refractivity contribution is -0.384. The molecule has 3 rings (SSSR count). The van der Waals surface area contributed by atoms with Crippen molar-refractivity contribution < 1.29 is 14.5 Å². The number of nitro groups is 1. The van der Waals surface area contributed by atoms with Crippen LogP contribution in [0.4, 0.5) is 5.69 Å². The van der Waals surface area contributed by atoms with Gasteiger partial charge in [0.2, 0.25) is 5.88 Å². The van der Waals surface area contributed by atoms with E-state index < -0.39 is 10.9 Å². The normalized spacial score (nSPS) is 10.6. The molecule has 3 aromatic rings. The van der Waals surface area contributed by atoms with E-state index in [1.807, 2.05) is 39.0 Å². The van der Waals surface area contributed by atoms with Crippen LogP contribution in [0.25, 0.3) is 5.69 Å². The maximum absolute atomic E-state index is 12.5. The van der Waals surface area contributed by atoms with Crippen molar-refractivity contribution in [1.82, 2.24) is 9.78 Å². The van der Waals surface area contributed by atoms with Crippen molar-refractivity contribution in [2.45, 2.75) is 27.2 Å². The predicted molar refractivity (Wildman–Crippen MR) is 100 cm³/mol. The summed E-state index contributed by atoms with van der Waals surface area (Å²) in [6.45, 7) is 5.93. The van der Waals surface area contributed by atoms with E-state index in [9.17, 15) is 14.9 Å². The highest BCUT2D eigenvalue weighted by molar-refractivity contribution is 5.91. The highest BCUT2D eigenvalue weighted by atomic mass is 16.6. The van der Waals surface area contributed by atoms with Gasteiger partial charge in [0.25, 0.3) is 5.69 Å². The van der Waals surface area contributed by atoms with Crippen molar-refractivity contribution in [3.8, 4) is 11.6 Å². The Balaban J connectivity index is 1.99.